The van der Waals surface area contributed by atoms with E-state index in [4.69, 9.17) is 0 Å². The maximum atomic E-state index is 2.41. The Kier molecular flexibility index (Phi) is 8.62. The first-order valence-corrected chi connectivity index (χ1v) is 17.0. The van der Waals surface area contributed by atoms with E-state index in [2.05, 4.69) is 175 Å². The molecule has 1 atom stereocenters. The van der Waals surface area contributed by atoms with Gasteiger partial charge in [0.2, 0.25) is 0 Å². The van der Waals surface area contributed by atoms with E-state index in [9.17, 15) is 0 Å². The van der Waals surface area contributed by atoms with E-state index in [1.807, 2.05) is 0 Å². The van der Waals surface area contributed by atoms with Gasteiger partial charge in [-0.05, 0) is 110 Å². The third-order valence-corrected chi connectivity index (χ3v) is 9.94. The molecule has 7 rings (SSSR count). The molecule has 0 aliphatic heterocycles. The van der Waals surface area contributed by atoms with E-state index < -0.39 is 0 Å². The minimum absolute atomic E-state index is 0.0216. The van der Waals surface area contributed by atoms with Crippen LogP contribution in [0, 0.1) is 12.8 Å². The average molecular weight is 601 g/mol. The maximum Gasteiger partial charge on any atom is 0.0461 e. The van der Waals surface area contributed by atoms with Crippen LogP contribution in [0.4, 0.5) is 28.4 Å². The third-order valence-electron chi connectivity index (χ3n) is 9.94. The number of aryl methyl sites for hydroxylation is 1. The molecule has 230 valence electrons. The lowest BCUT2D eigenvalue weighted by Gasteiger charge is -2.39. The van der Waals surface area contributed by atoms with Crippen molar-refractivity contribution >= 4 is 28.4 Å². The van der Waals surface area contributed by atoms with Crippen molar-refractivity contribution in [2.75, 3.05) is 9.80 Å². The molecule has 0 heterocycles. The summed E-state index contributed by atoms with van der Waals surface area (Å²) in [4.78, 5) is 4.76. The van der Waals surface area contributed by atoms with Crippen molar-refractivity contribution in [3.8, 4) is 0 Å². The number of para-hydroxylation sites is 2. The first-order chi connectivity index (χ1) is 22.6. The lowest BCUT2D eigenvalue weighted by Crippen LogP contribution is -2.30. The van der Waals surface area contributed by atoms with E-state index in [-0.39, 0.29) is 5.41 Å². The lowest BCUT2D eigenvalue weighted by atomic mass is 9.65. The molecule has 2 nitrogen and oxygen atoms in total. The monoisotopic (exact) mass is 600 g/mol. The fraction of sp³-hybridized carbons (Fsp3) is 0.227. The highest BCUT2D eigenvalue weighted by Gasteiger charge is 2.36. The van der Waals surface area contributed by atoms with Crippen molar-refractivity contribution in [3.05, 3.63) is 174 Å². The molecule has 5 aromatic rings. The molecule has 46 heavy (non-hydrogen) atoms. The summed E-state index contributed by atoms with van der Waals surface area (Å²) in [5.74, 6) is 0.581. The highest BCUT2D eigenvalue weighted by molar-refractivity contribution is 5.77. The second kappa shape index (κ2) is 13.3. The third kappa shape index (κ3) is 6.05. The van der Waals surface area contributed by atoms with Gasteiger partial charge < -0.3 is 9.80 Å². The van der Waals surface area contributed by atoms with E-state index in [0.29, 0.717) is 5.92 Å². The Balaban J connectivity index is 1.24. The highest BCUT2D eigenvalue weighted by Crippen LogP contribution is 2.47. The van der Waals surface area contributed by atoms with Crippen LogP contribution in [0.3, 0.4) is 0 Å². The molecule has 2 aliphatic carbocycles. The van der Waals surface area contributed by atoms with Crippen LogP contribution in [0.5, 0.6) is 0 Å². The minimum atomic E-state index is 0.0216. The molecular weight excluding hydrogens is 556 g/mol. The fourth-order valence-corrected chi connectivity index (χ4v) is 7.38. The van der Waals surface area contributed by atoms with Gasteiger partial charge >= 0.3 is 0 Å². The van der Waals surface area contributed by atoms with Crippen LogP contribution >= 0.6 is 0 Å². The normalized spacial score (nSPS) is 17.3. The molecule has 0 spiro atoms. The number of anilines is 5. The van der Waals surface area contributed by atoms with Gasteiger partial charge in [0.15, 0.2) is 0 Å². The van der Waals surface area contributed by atoms with E-state index >= 15 is 0 Å². The van der Waals surface area contributed by atoms with Gasteiger partial charge in [0.1, 0.15) is 0 Å². The zero-order valence-corrected chi connectivity index (χ0v) is 27.1. The molecule has 0 aromatic heterocycles. The van der Waals surface area contributed by atoms with E-state index in [0.717, 1.165) is 6.42 Å². The number of nitrogens with zero attached hydrogens (tertiary/aromatic N) is 2. The number of hydrogen-bond donors (Lipinski definition) is 0. The number of benzene rings is 5. The van der Waals surface area contributed by atoms with Crippen molar-refractivity contribution in [1.82, 2.24) is 0 Å². The van der Waals surface area contributed by atoms with Gasteiger partial charge in [-0.2, -0.15) is 0 Å². The molecule has 2 aliphatic rings. The van der Waals surface area contributed by atoms with E-state index in [1.54, 1.807) is 0 Å². The fourth-order valence-electron chi connectivity index (χ4n) is 7.38. The van der Waals surface area contributed by atoms with Crippen LogP contribution in [-0.4, -0.2) is 0 Å². The Labute approximate surface area is 275 Å². The molecule has 5 aromatic carbocycles. The van der Waals surface area contributed by atoms with Crippen molar-refractivity contribution in [2.24, 2.45) is 5.92 Å². The number of rotatable bonds is 8. The largest absolute Gasteiger partial charge is 0.311 e. The summed E-state index contributed by atoms with van der Waals surface area (Å²) in [6, 6.07) is 49.2. The summed E-state index contributed by atoms with van der Waals surface area (Å²) in [5, 5.41) is 0. The van der Waals surface area contributed by atoms with Crippen molar-refractivity contribution in [2.45, 2.75) is 57.8 Å². The van der Waals surface area contributed by atoms with Gasteiger partial charge in [0.05, 0.1) is 0 Å². The zero-order chi connectivity index (χ0) is 31.3. The van der Waals surface area contributed by atoms with Crippen molar-refractivity contribution in [1.29, 1.82) is 0 Å². The van der Waals surface area contributed by atoms with E-state index in [1.165, 1.54) is 82.9 Å². The topological polar surface area (TPSA) is 6.48 Å². The quantitative estimate of drug-likeness (QED) is 0.175. The molecule has 2 heteroatoms. The second-order valence-corrected chi connectivity index (χ2v) is 13.1. The minimum Gasteiger partial charge on any atom is -0.311 e. The summed E-state index contributed by atoms with van der Waals surface area (Å²) in [6.07, 6.45) is 14.3. The number of hydrogen-bond acceptors (Lipinski definition) is 2. The predicted molar refractivity (Wildman–Crippen MR) is 196 cm³/mol. The van der Waals surface area contributed by atoms with Crippen LogP contribution in [0.2, 0.25) is 0 Å². The Bertz CT molecular complexity index is 1780. The molecule has 0 radical (unpaired) electrons. The summed E-state index contributed by atoms with van der Waals surface area (Å²) >= 11 is 0. The second-order valence-electron chi connectivity index (χ2n) is 13.1. The van der Waals surface area contributed by atoms with Crippen LogP contribution < -0.4 is 9.80 Å². The lowest BCUT2D eigenvalue weighted by molar-refractivity contribution is 0.346. The molecule has 0 amide bonds. The van der Waals surface area contributed by atoms with Crippen LogP contribution in [0.25, 0.3) is 0 Å². The molecule has 0 N–H and O–H groups in total. The first-order valence-electron chi connectivity index (χ1n) is 17.0. The Morgan fingerprint density at radius 1 is 0.522 bits per heavy atom. The SMILES string of the molecule is Cc1ccc(N(c2ccccc2)c2ccc(C3(c4ccc(N(C5=CCC(C)C=C5)c5ccccc5)cc4)CCCCC3)cc2)cc1. The molecule has 0 saturated heterocycles. The Morgan fingerprint density at radius 2 is 0.978 bits per heavy atom. The van der Waals surface area contributed by atoms with Gasteiger partial charge in [-0.25, -0.2) is 0 Å². The summed E-state index contributed by atoms with van der Waals surface area (Å²) in [7, 11) is 0. The summed E-state index contributed by atoms with van der Waals surface area (Å²) < 4.78 is 0. The summed E-state index contributed by atoms with van der Waals surface area (Å²) in [5.41, 5.74) is 11.3. The van der Waals surface area contributed by atoms with Crippen molar-refractivity contribution in [3.63, 3.8) is 0 Å². The van der Waals surface area contributed by atoms with Gasteiger partial charge in [0.25, 0.3) is 0 Å². The van der Waals surface area contributed by atoms with Crippen molar-refractivity contribution < 1.29 is 0 Å². The predicted octanol–water partition coefficient (Wildman–Crippen LogP) is 12.3. The van der Waals surface area contributed by atoms with Gasteiger partial charge in [0, 0.05) is 39.5 Å². The standard InChI is InChI=1S/C44H44N2/c1-34-16-24-40(25-17-34)45(38-12-6-3-7-13-38)42-28-20-36(21-29-42)44(32-10-5-11-33-44)37-22-30-43(31-23-37)46(39-14-8-4-9-15-39)41-26-18-35(2)19-27-41/h3-4,6-9,12-18,20-31,35H,5,10-11,19,32-33H2,1-2H3. The van der Waals surface area contributed by atoms with Crippen LogP contribution in [0.1, 0.15) is 62.1 Å². The smallest absolute Gasteiger partial charge is 0.0461 e. The highest BCUT2D eigenvalue weighted by atomic mass is 15.1. The average Bonchev–Trinajstić information content (AvgIpc) is 3.12. The molecule has 1 saturated carbocycles. The van der Waals surface area contributed by atoms with Crippen LogP contribution in [0.15, 0.2) is 157 Å². The maximum absolute atomic E-state index is 2.41. The molecule has 1 unspecified atom stereocenters. The Hall–Kier alpha value is -4.82. The molecular formula is C44H44N2. The first kappa shape index (κ1) is 29.9. The molecule has 0 bridgehead atoms. The Morgan fingerprint density at radius 3 is 1.48 bits per heavy atom. The molecule has 1 fully saturated rings. The van der Waals surface area contributed by atoms with Crippen LogP contribution in [-0.2, 0) is 5.41 Å². The van der Waals surface area contributed by atoms with Gasteiger partial charge in [-0.3, -0.25) is 0 Å². The summed E-state index contributed by atoms with van der Waals surface area (Å²) in [6.45, 7) is 4.43. The van der Waals surface area contributed by atoms with Gasteiger partial charge in [-0.1, -0.05) is 117 Å². The van der Waals surface area contributed by atoms with Gasteiger partial charge in [-0.15, -0.1) is 0 Å². The zero-order valence-electron chi connectivity index (χ0n) is 27.1. The number of allylic oxidation sites excluding steroid dienone is 3.